The highest BCUT2D eigenvalue weighted by molar-refractivity contribution is 6.04. The van der Waals surface area contributed by atoms with Crippen molar-refractivity contribution >= 4 is 23.5 Å². The number of hydrogen-bond acceptors (Lipinski definition) is 4. The van der Waals surface area contributed by atoms with Gasteiger partial charge in [0, 0.05) is 19.5 Å². The summed E-state index contributed by atoms with van der Waals surface area (Å²) >= 11 is 0. The van der Waals surface area contributed by atoms with Crippen LogP contribution in [0.5, 0.6) is 5.75 Å². The SMILES string of the molecule is CC1Oc2c(cccc2C(=O)N2CCCC(CCC(=O)O)C2)NC1=O. The van der Waals surface area contributed by atoms with Gasteiger partial charge in [-0.1, -0.05) is 6.07 Å². The fourth-order valence-corrected chi connectivity index (χ4v) is 3.38. The van der Waals surface area contributed by atoms with Gasteiger partial charge in [-0.15, -0.1) is 0 Å². The van der Waals surface area contributed by atoms with Crippen molar-refractivity contribution in [1.29, 1.82) is 0 Å². The summed E-state index contributed by atoms with van der Waals surface area (Å²) in [5.41, 5.74) is 0.941. The monoisotopic (exact) mass is 346 g/mol. The molecule has 25 heavy (non-hydrogen) atoms. The van der Waals surface area contributed by atoms with E-state index in [2.05, 4.69) is 5.32 Å². The molecule has 0 aliphatic carbocycles. The number of carboxylic acid groups (broad SMARTS) is 1. The second-order valence-electron chi connectivity index (χ2n) is 6.62. The van der Waals surface area contributed by atoms with E-state index in [1.165, 1.54) is 0 Å². The molecule has 1 aromatic rings. The van der Waals surface area contributed by atoms with E-state index in [4.69, 9.17) is 9.84 Å². The molecule has 1 aromatic carbocycles. The largest absolute Gasteiger partial charge is 0.481 e. The Morgan fingerprint density at radius 3 is 2.96 bits per heavy atom. The van der Waals surface area contributed by atoms with Crippen LogP contribution in [0.1, 0.15) is 43.0 Å². The van der Waals surface area contributed by atoms with Crippen LogP contribution in [-0.2, 0) is 9.59 Å². The van der Waals surface area contributed by atoms with Gasteiger partial charge in [0.05, 0.1) is 11.3 Å². The molecule has 7 nitrogen and oxygen atoms in total. The molecule has 1 saturated heterocycles. The van der Waals surface area contributed by atoms with Gasteiger partial charge in [0.15, 0.2) is 11.9 Å². The van der Waals surface area contributed by atoms with Gasteiger partial charge in [-0.25, -0.2) is 0 Å². The smallest absolute Gasteiger partial charge is 0.303 e. The predicted molar refractivity (Wildman–Crippen MR) is 90.7 cm³/mol. The highest BCUT2D eigenvalue weighted by atomic mass is 16.5. The number of para-hydroxylation sites is 1. The van der Waals surface area contributed by atoms with Crippen LogP contribution in [0.3, 0.4) is 0 Å². The van der Waals surface area contributed by atoms with E-state index in [0.717, 1.165) is 12.8 Å². The van der Waals surface area contributed by atoms with Gasteiger partial charge in [0.1, 0.15) is 0 Å². The summed E-state index contributed by atoms with van der Waals surface area (Å²) in [4.78, 5) is 37.2. The lowest BCUT2D eigenvalue weighted by molar-refractivity contribution is -0.137. The lowest BCUT2D eigenvalue weighted by atomic mass is 9.93. The van der Waals surface area contributed by atoms with Gasteiger partial charge >= 0.3 is 5.97 Å². The number of anilines is 1. The number of fused-ring (bicyclic) bond motifs is 1. The van der Waals surface area contributed by atoms with Crippen LogP contribution in [0.4, 0.5) is 5.69 Å². The summed E-state index contributed by atoms with van der Waals surface area (Å²) in [6.45, 7) is 2.84. The van der Waals surface area contributed by atoms with Crippen LogP contribution < -0.4 is 10.1 Å². The minimum absolute atomic E-state index is 0.125. The molecule has 0 radical (unpaired) electrons. The molecule has 0 aromatic heterocycles. The van der Waals surface area contributed by atoms with Gasteiger partial charge in [-0.05, 0) is 44.2 Å². The molecule has 0 bridgehead atoms. The van der Waals surface area contributed by atoms with E-state index >= 15 is 0 Å². The molecule has 2 aliphatic rings. The van der Waals surface area contributed by atoms with Crippen molar-refractivity contribution < 1.29 is 24.2 Å². The number of nitrogens with one attached hydrogen (secondary N) is 1. The van der Waals surface area contributed by atoms with E-state index in [1.807, 2.05) is 0 Å². The molecule has 2 amide bonds. The molecular weight excluding hydrogens is 324 g/mol. The third kappa shape index (κ3) is 3.75. The number of hydrogen-bond donors (Lipinski definition) is 2. The van der Waals surface area contributed by atoms with Crippen molar-refractivity contribution in [3.8, 4) is 5.75 Å². The Hall–Kier alpha value is -2.57. The van der Waals surface area contributed by atoms with E-state index in [9.17, 15) is 14.4 Å². The Labute approximate surface area is 146 Å². The average Bonchev–Trinajstić information content (AvgIpc) is 2.60. The van der Waals surface area contributed by atoms with Gasteiger partial charge in [-0.3, -0.25) is 14.4 Å². The van der Waals surface area contributed by atoms with E-state index in [1.54, 1.807) is 30.0 Å². The number of piperidine rings is 1. The lowest BCUT2D eigenvalue weighted by Crippen LogP contribution is -2.41. The first-order valence-corrected chi connectivity index (χ1v) is 8.57. The summed E-state index contributed by atoms with van der Waals surface area (Å²) in [7, 11) is 0. The fraction of sp³-hybridized carbons (Fsp3) is 0.500. The van der Waals surface area contributed by atoms with Crippen LogP contribution in [-0.4, -0.2) is 47.0 Å². The third-order valence-electron chi connectivity index (χ3n) is 4.74. The first kappa shape index (κ1) is 17.3. The van der Waals surface area contributed by atoms with Crippen molar-refractivity contribution in [2.45, 2.75) is 38.7 Å². The van der Waals surface area contributed by atoms with Crippen LogP contribution in [0.25, 0.3) is 0 Å². The Bertz CT molecular complexity index is 703. The Morgan fingerprint density at radius 1 is 1.40 bits per heavy atom. The molecule has 2 unspecified atom stereocenters. The van der Waals surface area contributed by atoms with Gasteiger partial charge in [0.25, 0.3) is 11.8 Å². The maximum Gasteiger partial charge on any atom is 0.303 e. The second kappa shape index (κ2) is 7.13. The van der Waals surface area contributed by atoms with E-state index in [-0.39, 0.29) is 24.2 Å². The fourth-order valence-electron chi connectivity index (χ4n) is 3.38. The molecule has 0 saturated carbocycles. The van der Waals surface area contributed by atoms with Crippen molar-refractivity contribution in [3.63, 3.8) is 0 Å². The van der Waals surface area contributed by atoms with Gasteiger partial charge in [0.2, 0.25) is 0 Å². The molecule has 2 atom stereocenters. The molecule has 2 N–H and O–H groups in total. The maximum atomic E-state index is 13.0. The van der Waals surface area contributed by atoms with Gasteiger partial charge < -0.3 is 20.1 Å². The Balaban J connectivity index is 1.76. The zero-order valence-corrected chi connectivity index (χ0v) is 14.2. The number of ether oxygens (including phenoxy) is 1. The van der Waals surface area contributed by atoms with E-state index < -0.39 is 12.1 Å². The predicted octanol–water partition coefficient (Wildman–Crippen LogP) is 2.12. The quantitative estimate of drug-likeness (QED) is 0.871. The van der Waals surface area contributed by atoms with Crippen molar-refractivity contribution in [3.05, 3.63) is 23.8 Å². The summed E-state index contributed by atoms with van der Waals surface area (Å²) in [5.74, 6) is -0.567. The normalized spacial score (nSPS) is 22.6. The lowest BCUT2D eigenvalue weighted by Gasteiger charge is -2.34. The summed E-state index contributed by atoms with van der Waals surface area (Å²) in [6.07, 6.45) is 1.86. The number of benzene rings is 1. The molecule has 7 heteroatoms. The average molecular weight is 346 g/mol. The minimum Gasteiger partial charge on any atom is -0.481 e. The van der Waals surface area contributed by atoms with Crippen molar-refractivity contribution in [2.24, 2.45) is 5.92 Å². The standard InChI is InChI=1S/C18H22N2O5/c1-11-17(23)19-14-6-2-5-13(16(14)25-11)18(24)20-9-3-4-12(10-20)7-8-15(21)22/h2,5-6,11-12H,3-4,7-10H2,1H3,(H,19,23)(H,21,22). The van der Waals surface area contributed by atoms with Crippen molar-refractivity contribution in [2.75, 3.05) is 18.4 Å². The number of carboxylic acids is 1. The summed E-state index contributed by atoms with van der Waals surface area (Å²) in [5, 5.41) is 11.6. The Kier molecular flexibility index (Phi) is 4.92. The zero-order chi connectivity index (χ0) is 18.0. The first-order chi connectivity index (χ1) is 12.0. The van der Waals surface area contributed by atoms with Gasteiger partial charge in [-0.2, -0.15) is 0 Å². The number of carbonyl (C=O) groups is 3. The zero-order valence-electron chi connectivity index (χ0n) is 14.2. The molecule has 3 rings (SSSR count). The molecule has 2 aliphatic heterocycles. The molecule has 134 valence electrons. The van der Waals surface area contributed by atoms with Crippen LogP contribution >= 0.6 is 0 Å². The van der Waals surface area contributed by atoms with Crippen LogP contribution in [0.2, 0.25) is 0 Å². The van der Waals surface area contributed by atoms with Crippen LogP contribution in [0.15, 0.2) is 18.2 Å². The van der Waals surface area contributed by atoms with Crippen LogP contribution in [0, 0.1) is 5.92 Å². The first-order valence-electron chi connectivity index (χ1n) is 8.57. The number of carbonyl (C=O) groups excluding carboxylic acids is 2. The summed E-state index contributed by atoms with van der Waals surface area (Å²) in [6, 6.07) is 5.13. The topological polar surface area (TPSA) is 95.9 Å². The minimum atomic E-state index is -0.807. The number of likely N-dealkylation sites (tertiary alicyclic amines) is 1. The third-order valence-corrected chi connectivity index (χ3v) is 4.74. The molecule has 1 fully saturated rings. The maximum absolute atomic E-state index is 13.0. The highest BCUT2D eigenvalue weighted by Crippen LogP contribution is 2.34. The Morgan fingerprint density at radius 2 is 2.20 bits per heavy atom. The second-order valence-corrected chi connectivity index (χ2v) is 6.62. The molecular formula is C18H22N2O5. The van der Waals surface area contributed by atoms with E-state index in [0.29, 0.717) is 36.5 Å². The number of rotatable bonds is 4. The summed E-state index contributed by atoms with van der Waals surface area (Å²) < 4.78 is 5.66. The molecule has 2 heterocycles. The number of aliphatic carboxylic acids is 1. The number of nitrogens with zero attached hydrogens (tertiary/aromatic N) is 1. The molecule has 0 spiro atoms. The highest BCUT2D eigenvalue weighted by Gasteiger charge is 2.31. The number of amides is 2. The van der Waals surface area contributed by atoms with Crippen molar-refractivity contribution in [1.82, 2.24) is 4.90 Å².